The van der Waals surface area contributed by atoms with Crippen LogP contribution in [0.25, 0.3) is 0 Å². The van der Waals surface area contributed by atoms with Gasteiger partial charge in [0.15, 0.2) is 0 Å². The molecule has 0 heterocycles. The molecular formula is C15H18BrNO4. The molecule has 1 fully saturated rings. The lowest BCUT2D eigenvalue weighted by atomic mass is 9.82. The number of ether oxygens (including phenoxy) is 1. The van der Waals surface area contributed by atoms with Crippen molar-refractivity contribution in [1.29, 1.82) is 0 Å². The quantitative estimate of drug-likeness (QED) is 0.848. The molecule has 1 saturated carbocycles. The summed E-state index contributed by atoms with van der Waals surface area (Å²) in [5.74, 6) is -0.630. The number of benzene rings is 1. The first-order chi connectivity index (χ1) is 9.97. The Morgan fingerprint density at radius 2 is 2.05 bits per heavy atom. The lowest BCUT2D eigenvalue weighted by Gasteiger charge is -2.23. The number of carboxylic acid groups (broad SMARTS) is 1. The van der Waals surface area contributed by atoms with Crippen LogP contribution < -0.4 is 10.1 Å². The first-order valence-corrected chi connectivity index (χ1v) is 7.63. The Bertz CT molecular complexity index is 553. The monoisotopic (exact) mass is 355 g/mol. The van der Waals surface area contributed by atoms with E-state index in [2.05, 4.69) is 21.2 Å². The van der Waals surface area contributed by atoms with Crippen LogP contribution in [0.2, 0.25) is 0 Å². The van der Waals surface area contributed by atoms with Crippen molar-refractivity contribution in [3.63, 3.8) is 0 Å². The minimum absolute atomic E-state index is 0.00198. The van der Waals surface area contributed by atoms with Crippen LogP contribution in [0.15, 0.2) is 22.7 Å². The van der Waals surface area contributed by atoms with E-state index >= 15 is 0 Å². The molecule has 6 heteroatoms. The third-order valence-corrected chi connectivity index (χ3v) is 4.44. The minimum Gasteiger partial charge on any atom is -0.495 e. The van der Waals surface area contributed by atoms with Crippen LogP contribution in [0.1, 0.15) is 32.1 Å². The van der Waals surface area contributed by atoms with E-state index in [9.17, 15) is 14.7 Å². The summed E-state index contributed by atoms with van der Waals surface area (Å²) in [6, 6.07) is 5.28. The predicted molar refractivity (Wildman–Crippen MR) is 82.5 cm³/mol. The fourth-order valence-electron chi connectivity index (χ4n) is 2.80. The van der Waals surface area contributed by atoms with Crippen molar-refractivity contribution in [1.82, 2.24) is 0 Å². The Hall–Kier alpha value is -1.56. The van der Waals surface area contributed by atoms with Gasteiger partial charge in [-0.2, -0.15) is 0 Å². The van der Waals surface area contributed by atoms with Crippen LogP contribution in [-0.2, 0) is 9.59 Å². The molecule has 0 saturated heterocycles. The highest BCUT2D eigenvalue weighted by Gasteiger charge is 2.43. The lowest BCUT2D eigenvalue weighted by Crippen LogP contribution is -2.32. The van der Waals surface area contributed by atoms with E-state index in [-0.39, 0.29) is 12.3 Å². The standard InChI is InChI=1S/C15H18BrNO4/c1-21-12-5-4-10(16)8-11(12)17-13(18)9-15(14(19)20)6-2-3-7-15/h4-5,8H,2-3,6-7,9H2,1H3,(H,17,18)(H,19,20). The molecule has 1 aromatic rings. The summed E-state index contributed by atoms with van der Waals surface area (Å²) in [6.45, 7) is 0. The van der Waals surface area contributed by atoms with E-state index in [4.69, 9.17) is 4.74 Å². The fraction of sp³-hybridized carbons (Fsp3) is 0.467. The number of rotatable bonds is 5. The second-order valence-corrected chi connectivity index (χ2v) is 6.28. The minimum atomic E-state index is -0.913. The zero-order chi connectivity index (χ0) is 15.5. The average Bonchev–Trinajstić information content (AvgIpc) is 2.88. The van der Waals surface area contributed by atoms with E-state index in [0.717, 1.165) is 17.3 Å². The molecule has 2 rings (SSSR count). The van der Waals surface area contributed by atoms with Gasteiger partial charge in [0.1, 0.15) is 5.75 Å². The number of carbonyl (C=O) groups is 2. The smallest absolute Gasteiger partial charge is 0.310 e. The van der Waals surface area contributed by atoms with Gasteiger partial charge in [0.2, 0.25) is 5.91 Å². The first kappa shape index (κ1) is 15.8. The van der Waals surface area contributed by atoms with E-state index in [1.165, 1.54) is 7.11 Å². The van der Waals surface area contributed by atoms with Crippen LogP contribution >= 0.6 is 15.9 Å². The van der Waals surface area contributed by atoms with Crippen molar-refractivity contribution in [2.75, 3.05) is 12.4 Å². The summed E-state index contributed by atoms with van der Waals surface area (Å²) in [7, 11) is 1.52. The molecule has 1 aliphatic rings. The molecule has 5 nitrogen and oxygen atoms in total. The zero-order valence-corrected chi connectivity index (χ0v) is 13.4. The van der Waals surface area contributed by atoms with Crippen molar-refractivity contribution in [3.05, 3.63) is 22.7 Å². The SMILES string of the molecule is COc1ccc(Br)cc1NC(=O)CC1(C(=O)O)CCCC1. The van der Waals surface area contributed by atoms with Crippen LogP contribution in [-0.4, -0.2) is 24.1 Å². The number of amides is 1. The number of halogens is 1. The maximum absolute atomic E-state index is 12.2. The highest BCUT2D eigenvalue weighted by atomic mass is 79.9. The number of methoxy groups -OCH3 is 1. The maximum atomic E-state index is 12.2. The molecule has 0 radical (unpaired) electrons. The van der Waals surface area contributed by atoms with Gasteiger partial charge in [-0.05, 0) is 31.0 Å². The van der Waals surface area contributed by atoms with Crippen LogP contribution in [0.3, 0.4) is 0 Å². The van der Waals surface area contributed by atoms with Crippen molar-refractivity contribution in [2.24, 2.45) is 5.41 Å². The van der Waals surface area contributed by atoms with E-state index < -0.39 is 11.4 Å². The number of nitrogens with one attached hydrogen (secondary N) is 1. The molecule has 0 bridgehead atoms. The van der Waals surface area contributed by atoms with Gasteiger partial charge in [-0.25, -0.2) is 0 Å². The van der Waals surface area contributed by atoms with Gasteiger partial charge >= 0.3 is 5.97 Å². The molecule has 21 heavy (non-hydrogen) atoms. The summed E-state index contributed by atoms with van der Waals surface area (Å²) >= 11 is 3.34. The summed E-state index contributed by atoms with van der Waals surface area (Å²) in [5, 5.41) is 12.2. The van der Waals surface area contributed by atoms with Gasteiger partial charge in [-0.1, -0.05) is 28.8 Å². The molecule has 0 aromatic heterocycles. The first-order valence-electron chi connectivity index (χ1n) is 6.84. The molecule has 1 aromatic carbocycles. The zero-order valence-electron chi connectivity index (χ0n) is 11.8. The van der Waals surface area contributed by atoms with Crippen molar-refractivity contribution < 1.29 is 19.4 Å². The average molecular weight is 356 g/mol. The Balaban J connectivity index is 2.11. The van der Waals surface area contributed by atoms with E-state index in [1.807, 2.05) is 6.07 Å². The van der Waals surface area contributed by atoms with E-state index in [1.54, 1.807) is 12.1 Å². The van der Waals surface area contributed by atoms with Gasteiger partial charge in [0.05, 0.1) is 18.2 Å². The molecule has 2 N–H and O–H groups in total. The maximum Gasteiger partial charge on any atom is 0.310 e. The second kappa shape index (κ2) is 6.47. The van der Waals surface area contributed by atoms with Gasteiger partial charge in [0, 0.05) is 10.9 Å². The third kappa shape index (κ3) is 3.56. The molecule has 0 aliphatic heterocycles. The molecule has 0 unspecified atom stereocenters. The molecule has 1 amide bonds. The van der Waals surface area contributed by atoms with E-state index in [0.29, 0.717) is 24.3 Å². The van der Waals surface area contributed by atoms with Crippen LogP contribution in [0, 0.1) is 5.41 Å². The molecule has 1 aliphatic carbocycles. The second-order valence-electron chi connectivity index (χ2n) is 5.36. The number of aliphatic carboxylic acids is 1. The Kier molecular flexibility index (Phi) is 4.88. The third-order valence-electron chi connectivity index (χ3n) is 3.95. The molecule has 114 valence electrons. The molecular weight excluding hydrogens is 338 g/mol. The van der Waals surface area contributed by atoms with Gasteiger partial charge in [-0.15, -0.1) is 0 Å². The van der Waals surface area contributed by atoms with Crippen molar-refractivity contribution in [2.45, 2.75) is 32.1 Å². The van der Waals surface area contributed by atoms with Crippen molar-refractivity contribution in [3.8, 4) is 5.75 Å². The highest BCUT2D eigenvalue weighted by molar-refractivity contribution is 9.10. The molecule has 0 spiro atoms. The fourth-order valence-corrected chi connectivity index (χ4v) is 3.16. The van der Waals surface area contributed by atoms with Crippen LogP contribution in [0.5, 0.6) is 5.75 Å². The summed E-state index contributed by atoms with van der Waals surface area (Å²) in [4.78, 5) is 23.7. The van der Waals surface area contributed by atoms with Gasteiger partial charge in [-0.3, -0.25) is 9.59 Å². The lowest BCUT2D eigenvalue weighted by molar-refractivity contribution is -0.150. The van der Waals surface area contributed by atoms with Gasteiger partial charge < -0.3 is 15.2 Å². The van der Waals surface area contributed by atoms with Crippen molar-refractivity contribution >= 4 is 33.5 Å². The summed E-state index contributed by atoms with van der Waals surface area (Å²) in [5.41, 5.74) is -0.376. The normalized spacial score (nSPS) is 16.5. The molecule has 0 atom stereocenters. The van der Waals surface area contributed by atoms with Crippen LogP contribution in [0.4, 0.5) is 5.69 Å². The largest absolute Gasteiger partial charge is 0.495 e. The van der Waals surface area contributed by atoms with Gasteiger partial charge in [0.25, 0.3) is 0 Å². The number of carbonyl (C=O) groups excluding carboxylic acids is 1. The number of hydrogen-bond donors (Lipinski definition) is 2. The Morgan fingerprint density at radius 1 is 1.38 bits per heavy atom. The topological polar surface area (TPSA) is 75.6 Å². The number of anilines is 1. The Labute approximate surface area is 131 Å². The Morgan fingerprint density at radius 3 is 2.62 bits per heavy atom. The number of carboxylic acids is 1. The highest BCUT2D eigenvalue weighted by Crippen LogP contribution is 2.41. The number of hydrogen-bond acceptors (Lipinski definition) is 3. The summed E-state index contributed by atoms with van der Waals surface area (Å²) in [6.07, 6.45) is 2.84. The summed E-state index contributed by atoms with van der Waals surface area (Å²) < 4.78 is 6.00. The predicted octanol–water partition coefficient (Wildman–Crippen LogP) is 3.43.